The summed E-state index contributed by atoms with van der Waals surface area (Å²) in [6.07, 6.45) is 0. The van der Waals surface area contributed by atoms with Gasteiger partial charge >= 0.3 is 0 Å². The Morgan fingerprint density at radius 2 is 0.934 bits per heavy atom. The third kappa shape index (κ3) is 5.82. The molecular formula is C58H38N2O. The minimum Gasteiger partial charge on any atom is -0.455 e. The number of fused-ring (bicyclic) bond motifs is 8. The van der Waals surface area contributed by atoms with E-state index in [2.05, 4.69) is 240 Å². The van der Waals surface area contributed by atoms with Gasteiger partial charge in [-0.3, -0.25) is 0 Å². The van der Waals surface area contributed by atoms with E-state index >= 15 is 0 Å². The van der Waals surface area contributed by atoms with Gasteiger partial charge in [0, 0.05) is 49.6 Å². The van der Waals surface area contributed by atoms with Crippen LogP contribution in [0.15, 0.2) is 235 Å². The molecule has 12 rings (SSSR count). The minimum atomic E-state index is 0.880. The lowest BCUT2D eigenvalue weighted by atomic mass is 9.96. The molecule has 3 heteroatoms. The molecule has 61 heavy (non-hydrogen) atoms. The average Bonchev–Trinajstić information content (AvgIpc) is 3.89. The summed E-state index contributed by atoms with van der Waals surface area (Å²) in [5.74, 6) is 0. The standard InChI is InChI=1S/C58H38N2O/c1-3-14-39(15-4-1)40-26-32-45(33-27-40)59(53-23-11-10-21-49(53)51-22-13-25-56-57(51)52-37-30-42-16-7-8-19-47(42)58(52)61-56)46-34-28-41(29-35-46)43-31-36-50-48-20-9-12-24-54(48)60(55(50)38-43)44-17-5-2-6-18-44/h1-38H. The van der Waals surface area contributed by atoms with Crippen LogP contribution in [0.1, 0.15) is 0 Å². The Bertz CT molecular complexity index is 3560. The van der Waals surface area contributed by atoms with Gasteiger partial charge in [0.1, 0.15) is 11.2 Å². The molecule has 0 saturated heterocycles. The summed E-state index contributed by atoms with van der Waals surface area (Å²) in [5.41, 5.74) is 15.5. The molecule has 0 amide bonds. The van der Waals surface area contributed by atoms with E-state index < -0.39 is 0 Å². The molecule has 286 valence electrons. The van der Waals surface area contributed by atoms with Gasteiger partial charge in [0.2, 0.25) is 0 Å². The van der Waals surface area contributed by atoms with Crippen molar-refractivity contribution in [2.24, 2.45) is 0 Å². The maximum atomic E-state index is 6.67. The first-order valence-corrected chi connectivity index (χ1v) is 20.8. The van der Waals surface area contributed by atoms with Crippen LogP contribution in [-0.2, 0) is 0 Å². The third-order valence-electron chi connectivity index (χ3n) is 12.2. The molecule has 3 nitrogen and oxygen atoms in total. The molecule has 0 spiro atoms. The zero-order valence-corrected chi connectivity index (χ0v) is 33.2. The van der Waals surface area contributed by atoms with Crippen molar-refractivity contribution in [1.82, 2.24) is 4.57 Å². The van der Waals surface area contributed by atoms with Crippen LogP contribution in [-0.4, -0.2) is 4.57 Å². The van der Waals surface area contributed by atoms with E-state index in [1.165, 1.54) is 43.9 Å². The predicted molar refractivity (Wildman–Crippen MR) is 257 cm³/mol. The molecule has 2 aromatic heterocycles. The Kier molecular flexibility index (Phi) is 8.17. The van der Waals surface area contributed by atoms with Crippen LogP contribution in [0.3, 0.4) is 0 Å². The van der Waals surface area contributed by atoms with Gasteiger partial charge < -0.3 is 13.9 Å². The smallest absolute Gasteiger partial charge is 0.143 e. The summed E-state index contributed by atoms with van der Waals surface area (Å²) in [6, 6.07) is 82.8. The molecule has 2 heterocycles. The van der Waals surface area contributed by atoms with Crippen molar-refractivity contribution < 1.29 is 4.42 Å². The summed E-state index contributed by atoms with van der Waals surface area (Å²) >= 11 is 0. The number of para-hydroxylation sites is 3. The molecule has 0 aliphatic heterocycles. The summed E-state index contributed by atoms with van der Waals surface area (Å²) < 4.78 is 9.05. The Morgan fingerprint density at radius 1 is 0.361 bits per heavy atom. The van der Waals surface area contributed by atoms with Crippen LogP contribution >= 0.6 is 0 Å². The summed E-state index contributed by atoms with van der Waals surface area (Å²) in [7, 11) is 0. The van der Waals surface area contributed by atoms with Crippen LogP contribution in [0.4, 0.5) is 17.1 Å². The molecule has 0 saturated carbocycles. The van der Waals surface area contributed by atoms with Crippen LogP contribution in [0.2, 0.25) is 0 Å². The number of aromatic nitrogens is 1. The second kappa shape index (κ2) is 14.3. The highest BCUT2D eigenvalue weighted by molar-refractivity contribution is 6.20. The topological polar surface area (TPSA) is 21.3 Å². The van der Waals surface area contributed by atoms with Crippen molar-refractivity contribution >= 4 is 71.6 Å². The number of rotatable bonds is 7. The fourth-order valence-corrected chi connectivity index (χ4v) is 9.34. The van der Waals surface area contributed by atoms with Crippen molar-refractivity contribution in [2.75, 3.05) is 4.90 Å². The second-order valence-electron chi connectivity index (χ2n) is 15.7. The van der Waals surface area contributed by atoms with E-state index in [1.807, 2.05) is 0 Å². The quantitative estimate of drug-likeness (QED) is 0.161. The van der Waals surface area contributed by atoms with E-state index in [1.54, 1.807) is 0 Å². The van der Waals surface area contributed by atoms with Crippen LogP contribution in [0.5, 0.6) is 0 Å². The Balaban J connectivity index is 1.01. The number of hydrogen-bond acceptors (Lipinski definition) is 2. The SMILES string of the molecule is c1ccc(-c2ccc(N(c3ccc(-c4ccc5c6ccccc6n(-c6ccccc6)c5c4)cc3)c3ccccc3-c3cccc4oc5c6ccccc6ccc5c34)cc2)cc1. The highest BCUT2D eigenvalue weighted by atomic mass is 16.3. The van der Waals surface area contributed by atoms with Gasteiger partial charge in [-0.25, -0.2) is 0 Å². The number of anilines is 3. The Labute approximate surface area is 353 Å². The highest BCUT2D eigenvalue weighted by Gasteiger charge is 2.21. The van der Waals surface area contributed by atoms with Gasteiger partial charge in [-0.05, 0) is 99.9 Å². The van der Waals surface area contributed by atoms with Crippen molar-refractivity contribution in [2.45, 2.75) is 0 Å². The van der Waals surface area contributed by atoms with Gasteiger partial charge in [0.05, 0.1) is 16.7 Å². The fraction of sp³-hybridized carbons (Fsp3) is 0. The number of furan rings is 1. The number of nitrogens with zero attached hydrogens (tertiary/aromatic N) is 2. The third-order valence-corrected chi connectivity index (χ3v) is 12.2. The number of hydrogen-bond donors (Lipinski definition) is 0. The van der Waals surface area contributed by atoms with Gasteiger partial charge in [-0.15, -0.1) is 0 Å². The molecule has 12 aromatic rings. The Hall–Kier alpha value is -8.14. The normalized spacial score (nSPS) is 11.6. The van der Waals surface area contributed by atoms with Crippen LogP contribution in [0.25, 0.3) is 93.6 Å². The molecule has 0 radical (unpaired) electrons. The molecular weight excluding hydrogens is 741 g/mol. The monoisotopic (exact) mass is 778 g/mol. The van der Waals surface area contributed by atoms with E-state index in [9.17, 15) is 0 Å². The van der Waals surface area contributed by atoms with Crippen molar-refractivity contribution in [3.63, 3.8) is 0 Å². The van der Waals surface area contributed by atoms with Gasteiger partial charge in [0.25, 0.3) is 0 Å². The predicted octanol–water partition coefficient (Wildman–Crippen LogP) is 16.3. The molecule has 0 fully saturated rings. The van der Waals surface area contributed by atoms with E-state index in [-0.39, 0.29) is 0 Å². The second-order valence-corrected chi connectivity index (χ2v) is 15.7. The van der Waals surface area contributed by atoms with Crippen molar-refractivity contribution in [1.29, 1.82) is 0 Å². The molecule has 0 aliphatic rings. The molecule has 0 aliphatic carbocycles. The van der Waals surface area contributed by atoms with Crippen LogP contribution in [0, 0.1) is 0 Å². The van der Waals surface area contributed by atoms with Crippen molar-refractivity contribution in [3.05, 3.63) is 231 Å². The molecule has 0 bridgehead atoms. The summed E-state index contributed by atoms with van der Waals surface area (Å²) in [5, 5.41) is 7.03. The lowest BCUT2D eigenvalue weighted by Crippen LogP contribution is -2.11. The van der Waals surface area contributed by atoms with Gasteiger partial charge in [-0.2, -0.15) is 0 Å². The fourth-order valence-electron chi connectivity index (χ4n) is 9.34. The van der Waals surface area contributed by atoms with E-state index in [4.69, 9.17) is 4.42 Å². The zero-order chi connectivity index (χ0) is 40.3. The molecule has 0 unspecified atom stereocenters. The van der Waals surface area contributed by atoms with Crippen LogP contribution < -0.4 is 4.90 Å². The Morgan fingerprint density at radius 3 is 1.72 bits per heavy atom. The summed E-state index contributed by atoms with van der Waals surface area (Å²) in [4.78, 5) is 2.39. The first-order valence-electron chi connectivity index (χ1n) is 20.8. The van der Waals surface area contributed by atoms with E-state index in [0.717, 1.165) is 66.8 Å². The molecule has 10 aromatic carbocycles. The van der Waals surface area contributed by atoms with Crippen molar-refractivity contribution in [3.8, 4) is 39.1 Å². The first kappa shape index (κ1) is 34.9. The molecule has 0 atom stereocenters. The maximum absolute atomic E-state index is 6.67. The highest BCUT2D eigenvalue weighted by Crippen LogP contribution is 2.46. The molecule has 0 N–H and O–H groups in total. The average molecular weight is 779 g/mol. The van der Waals surface area contributed by atoms with Gasteiger partial charge in [0.15, 0.2) is 0 Å². The van der Waals surface area contributed by atoms with Gasteiger partial charge in [-0.1, -0.05) is 164 Å². The maximum Gasteiger partial charge on any atom is 0.143 e. The lowest BCUT2D eigenvalue weighted by molar-refractivity contribution is 0.673. The van der Waals surface area contributed by atoms with E-state index in [0.29, 0.717) is 0 Å². The first-order chi connectivity index (χ1) is 30.3. The number of benzene rings is 10. The minimum absolute atomic E-state index is 0.880. The zero-order valence-electron chi connectivity index (χ0n) is 33.2. The summed E-state index contributed by atoms with van der Waals surface area (Å²) in [6.45, 7) is 0. The largest absolute Gasteiger partial charge is 0.455 e. The lowest BCUT2D eigenvalue weighted by Gasteiger charge is -2.28.